The lowest BCUT2D eigenvalue weighted by Gasteiger charge is -2.28. The van der Waals surface area contributed by atoms with Crippen molar-refractivity contribution in [2.75, 3.05) is 0 Å². The number of rotatable bonds is 4. The van der Waals surface area contributed by atoms with Crippen molar-refractivity contribution in [1.82, 2.24) is 10.6 Å². The zero-order valence-corrected chi connectivity index (χ0v) is 12.5. The number of nitrogens with one attached hydrogen (secondary N) is 2. The number of amides is 2. The molecule has 0 spiro atoms. The van der Waals surface area contributed by atoms with Crippen LogP contribution in [0.3, 0.4) is 0 Å². The first-order valence-electron chi connectivity index (χ1n) is 6.57. The molecule has 0 atom stereocenters. The Morgan fingerprint density at radius 3 is 2.47 bits per heavy atom. The van der Waals surface area contributed by atoms with Crippen LogP contribution in [0.5, 0.6) is 0 Å². The third kappa shape index (κ3) is 4.43. The van der Waals surface area contributed by atoms with Crippen LogP contribution in [0.1, 0.15) is 45.7 Å². The molecule has 0 aliphatic carbocycles. The van der Waals surface area contributed by atoms with E-state index in [0.717, 1.165) is 16.7 Å². The monoisotopic (exact) mass is 260 g/mol. The Balaban J connectivity index is 2.90. The Bertz CT molecular complexity index is 475. The van der Waals surface area contributed by atoms with Gasteiger partial charge in [0.2, 0.25) is 0 Å². The first-order chi connectivity index (χ1) is 8.72. The molecule has 0 fully saturated rings. The first-order valence-corrected chi connectivity index (χ1v) is 6.57. The molecule has 2 N–H and O–H groups in total. The summed E-state index contributed by atoms with van der Waals surface area (Å²) in [5, 5.41) is 5.83. The Morgan fingerprint density at radius 1 is 1.32 bits per heavy atom. The number of benzene rings is 1. The predicted molar refractivity (Wildman–Crippen MR) is 81.0 cm³/mol. The Hall–Kier alpha value is -1.77. The molecule has 0 unspecified atom stereocenters. The maximum absolute atomic E-state index is 11.8. The number of carbonyl (C=O) groups excluding carboxylic acids is 1. The van der Waals surface area contributed by atoms with Gasteiger partial charge in [-0.2, -0.15) is 0 Å². The summed E-state index contributed by atoms with van der Waals surface area (Å²) in [7, 11) is 0. The van der Waals surface area contributed by atoms with E-state index in [-0.39, 0.29) is 12.1 Å². The van der Waals surface area contributed by atoms with Crippen molar-refractivity contribution in [3.8, 4) is 0 Å². The SMILES string of the molecule is C=C(C)c1cccc(C(C)(C)NC(=O)NC(C)C)c1. The molecule has 104 valence electrons. The number of urea groups is 1. The lowest BCUT2D eigenvalue weighted by Crippen LogP contribution is -2.48. The first kappa shape index (κ1) is 15.3. The predicted octanol–water partition coefficient (Wildman–Crippen LogP) is 3.66. The van der Waals surface area contributed by atoms with Crippen molar-refractivity contribution in [3.05, 3.63) is 42.0 Å². The van der Waals surface area contributed by atoms with E-state index in [9.17, 15) is 4.79 Å². The molecule has 0 heterocycles. The van der Waals surface area contributed by atoms with Crippen molar-refractivity contribution < 1.29 is 4.79 Å². The van der Waals surface area contributed by atoms with E-state index in [4.69, 9.17) is 0 Å². The molecular weight excluding hydrogens is 236 g/mol. The highest BCUT2D eigenvalue weighted by Gasteiger charge is 2.23. The van der Waals surface area contributed by atoms with Crippen LogP contribution in [0, 0.1) is 0 Å². The van der Waals surface area contributed by atoms with E-state index in [1.165, 1.54) is 0 Å². The summed E-state index contributed by atoms with van der Waals surface area (Å²) in [5.74, 6) is 0. The van der Waals surface area contributed by atoms with Gasteiger partial charge in [0, 0.05) is 6.04 Å². The molecular formula is C16H24N2O. The molecule has 1 aromatic rings. The second-order valence-corrected chi connectivity index (χ2v) is 5.74. The quantitative estimate of drug-likeness (QED) is 0.852. The minimum Gasteiger partial charge on any atom is -0.336 e. The van der Waals surface area contributed by atoms with Gasteiger partial charge in [-0.25, -0.2) is 4.79 Å². The van der Waals surface area contributed by atoms with Crippen LogP contribution in [-0.4, -0.2) is 12.1 Å². The van der Waals surface area contributed by atoms with E-state index >= 15 is 0 Å². The molecule has 0 bridgehead atoms. The second kappa shape index (κ2) is 5.91. The van der Waals surface area contributed by atoms with Crippen LogP contribution < -0.4 is 10.6 Å². The Kier molecular flexibility index (Phi) is 4.76. The van der Waals surface area contributed by atoms with Crippen LogP contribution in [0.25, 0.3) is 5.57 Å². The normalized spacial score (nSPS) is 11.3. The Morgan fingerprint density at radius 2 is 1.95 bits per heavy atom. The molecule has 0 saturated heterocycles. The molecule has 0 aliphatic heterocycles. The zero-order valence-electron chi connectivity index (χ0n) is 12.5. The van der Waals surface area contributed by atoms with E-state index in [1.54, 1.807) is 0 Å². The van der Waals surface area contributed by atoms with Crippen LogP contribution in [-0.2, 0) is 5.54 Å². The molecule has 0 saturated carbocycles. The summed E-state index contributed by atoms with van der Waals surface area (Å²) in [6.45, 7) is 13.8. The summed E-state index contributed by atoms with van der Waals surface area (Å²) in [4.78, 5) is 11.8. The van der Waals surface area contributed by atoms with Gasteiger partial charge in [0.25, 0.3) is 0 Å². The van der Waals surface area contributed by atoms with Gasteiger partial charge in [-0.05, 0) is 51.8 Å². The van der Waals surface area contributed by atoms with Crippen molar-refractivity contribution in [2.45, 2.75) is 46.2 Å². The highest BCUT2D eigenvalue weighted by molar-refractivity contribution is 5.75. The van der Waals surface area contributed by atoms with Crippen LogP contribution >= 0.6 is 0 Å². The van der Waals surface area contributed by atoms with Crippen molar-refractivity contribution in [3.63, 3.8) is 0 Å². The highest BCUT2D eigenvalue weighted by atomic mass is 16.2. The van der Waals surface area contributed by atoms with Gasteiger partial charge >= 0.3 is 6.03 Å². The van der Waals surface area contributed by atoms with Gasteiger partial charge in [0.15, 0.2) is 0 Å². The zero-order chi connectivity index (χ0) is 14.6. The number of hydrogen-bond acceptors (Lipinski definition) is 1. The van der Waals surface area contributed by atoms with Crippen molar-refractivity contribution in [2.24, 2.45) is 0 Å². The summed E-state index contributed by atoms with van der Waals surface area (Å²) in [6, 6.07) is 8.07. The lowest BCUT2D eigenvalue weighted by atomic mass is 9.92. The molecule has 0 aliphatic rings. The van der Waals surface area contributed by atoms with E-state index in [0.29, 0.717) is 0 Å². The maximum atomic E-state index is 11.8. The fourth-order valence-corrected chi connectivity index (χ4v) is 1.83. The Labute approximate surface area is 116 Å². The summed E-state index contributed by atoms with van der Waals surface area (Å²) >= 11 is 0. The third-order valence-corrected chi connectivity index (χ3v) is 2.92. The van der Waals surface area contributed by atoms with Gasteiger partial charge < -0.3 is 10.6 Å². The number of allylic oxidation sites excluding steroid dienone is 1. The van der Waals surface area contributed by atoms with Crippen LogP contribution in [0.2, 0.25) is 0 Å². The van der Waals surface area contributed by atoms with Gasteiger partial charge in [-0.15, -0.1) is 0 Å². The third-order valence-electron chi connectivity index (χ3n) is 2.92. The van der Waals surface area contributed by atoms with Gasteiger partial charge in [-0.3, -0.25) is 0 Å². The van der Waals surface area contributed by atoms with E-state index in [1.807, 2.05) is 52.8 Å². The summed E-state index contributed by atoms with van der Waals surface area (Å²) in [6.07, 6.45) is 0. The van der Waals surface area contributed by atoms with Gasteiger partial charge in [0.05, 0.1) is 5.54 Å². The molecule has 1 rings (SSSR count). The van der Waals surface area contributed by atoms with Crippen LogP contribution in [0.15, 0.2) is 30.8 Å². The fourth-order valence-electron chi connectivity index (χ4n) is 1.83. The van der Waals surface area contributed by atoms with Crippen molar-refractivity contribution >= 4 is 11.6 Å². The summed E-state index contributed by atoms with van der Waals surface area (Å²) < 4.78 is 0. The standard InChI is InChI=1S/C16H24N2O/c1-11(2)13-8-7-9-14(10-13)16(5,6)18-15(19)17-12(3)4/h7-10,12H,1H2,2-6H3,(H2,17,18,19). The molecule has 3 nitrogen and oxygen atoms in total. The molecule has 0 radical (unpaired) electrons. The molecule has 2 amide bonds. The van der Waals surface area contributed by atoms with Crippen molar-refractivity contribution in [1.29, 1.82) is 0 Å². The van der Waals surface area contributed by atoms with Gasteiger partial charge in [-0.1, -0.05) is 30.4 Å². The molecule has 3 heteroatoms. The number of carbonyl (C=O) groups is 1. The fraction of sp³-hybridized carbons (Fsp3) is 0.438. The average Bonchev–Trinajstić information content (AvgIpc) is 2.27. The number of hydrogen-bond donors (Lipinski definition) is 2. The molecule has 1 aromatic carbocycles. The van der Waals surface area contributed by atoms with Gasteiger partial charge in [0.1, 0.15) is 0 Å². The molecule has 0 aromatic heterocycles. The van der Waals surface area contributed by atoms with Crippen LogP contribution in [0.4, 0.5) is 4.79 Å². The molecule has 19 heavy (non-hydrogen) atoms. The average molecular weight is 260 g/mol. The smallest absolute Gasteiger partial charge is 0.315 e. The second-order valence-electron chi connectivity index (χ2n) is 5.74. The highest BCUT2D eigenvalue weighted by Crippen LogP contribution is 2.23. The lowest BCUT2D eigenvalue weighted by molar-refractivity contribution is 0.227. The minimum absolute atomic E-state index is 0.123. The summed E-state index contributed by atoms with van der Waals surface area (Å²) in [5.41, 5.74) is 2.75. The largest absolute Gasteiger partial charge is 0.336 e. The maximum Gasteiger partial charge on any atom is 0.315 e. The van der Waals surface area contributed by atoms with E-state index < -0.39 is 5.54 Å². The topological polar surface area (TPSA) is 41.1 Å². The van der Waals surface area contributed by atoms with E-state index in [2.05, 4.69) is 23.3 Å². The minimum atomic E-state index is -0.426.